The number of hydrogen-bond acceptors (Lipinski definition) is 4. The quantitative estimate of drug-likeness (QED) is 0.733. The van der Waals surface area contributed by atoms with Gasteiger partial charge in [-0.15, -0.1) is 0 Å². The van der Waals surface area contributed by atoms with Gasteiger partial charge in [0, 0.05) is 6.92 Å². The molecular formula is C7H5NO3S. The molecule has 0 bridgehead atoms. The third-order valence-electron chi connectivity index (χ3n) is 1.41. The Morgan fingerprint density at radius 3 is 3.08 bits per heavy atom. The number of hydrogen-bond donors (Lipinski definition) is 1. The summed E-state index contributed by atoms with van der Waals surface area (Å²) < 4.78 is 5.14. The highest BCUT2D eigenvalue weighted by molar-refractivity contribution is 7.20. The third-order valence-corrected chi connectivity index (χ3v) is 2.40. The molecule has 0 amide bonds. The number of carboxylic acid groups (broad SMARTS) is 1. The molecule has 0 aliphatic carbocycles. The minimum Gasteiger partial charge on any atom is -0.477 e. The number of carbonyl (C=O) groups is 1. The standard InChI is InChI=1S/C7H5NO3S/c1-3-8-4-2-5(6(9)10)12-7(4)11-3/h2H,1H3,(H,9,10). The zero-order valence-corrected chi connectivity index (χ0v) is 7.01. The van der Waals surface area contributed by atoms with Crippen LogP contribution in [0.15, 0.2) is 10.5 Å². The number of aryl methyl sites for hydroxylation is 1. The molecule has 0 saturated carbocycles. The summed E-state index contributed by atoms with van der Waals surface area (Å²) in [5.41, 5.74) is 0.620. The number of carboxylic acids is 1. The van der Waals surface area contributed by atoms with Crippen molar-refractivity contribution in [3.8, 4) is 0 Å². The van der Waals surface area contributed by atoms with E-state index in [2.05, 4.69) is 4.98 Å². The first-order valence-corrected chi connectivity index (χ1v) is 4.09. The number of thiophene rings is 1. The minimum absolute atomic E-state index is 0.260. The Labute approximate surface area is 71.5 Å². The molecule has 4 nitrogen and oxygen atoms in total. The molecular weight excluding hydrogens is 178 g/mol. The summed E-state index contributed by atoms with van der Waals surface area (Å²) in [4.78, 5) is 15.3. The molecule has 0 atom stereocenters. The summed E-state index contributed by atoms with van der Waals surface area (Å²) in [6, 6.07) is 1.51. The van der Waals surface area contributed by atoms with E-state index in [0.29, 0.717) is 16.3 Å². The molecule has 2 aromatic heterocycles. The van der Waals surface area contributed by atoms with Crippen LogP contribution in [0, 0.1) is 6.92 Å². The highest BCUT2D eigenvalue weighted by atomic mass is 32.1. The maximum atomic E-state index is 10.5. The normalized spacial score (nSPS) is 10.8. The fourth-order valence-corrected chi connectivity index (χ4v) is 1.78. The molecule has 5 heteroatoms. The average molecular weight is 183 g/mol. The van der Waals surface area contributed by atoms with Gasteiger partial charge in [0.1, 0.15) is 10.4 Å². The summed E-state index contributed by atoms with van der Waals surface area (Å²) in [5.74, 6) is -0.376. The molecule has 12 heavy (non-hydrogen) atoms. The molecule has 0 fully saturated rings. The molecule has 2 aromatic rings. The smallest absolute Gasteiger partial charge is 0.346 e. The van der Waals surface area contributed by atoms with Crippen molar-refractivity contribution in [2.75, 3.05) is 0 Å². The van der Waals surface area contributed by atoms with Crippen molar-refractivity contribution in [2.45, 2.75) is 6.92 Å². The fraction of sp³-hybridized carbons (Fsp3) is 0.143. The van der Waals surface area contributed by atoms with Crippen molar-refractivity contribution >= 4 is 27.7 Å². The number of rotatable bonds is 1. The molecule has 1 N–H and O–H groups in total. The van der Waals surface area contributed by atoms with Crippen molar-refractivity contribution in [1.29, 1.82) is 0 Å². The van der Waals surface area contributed by atoms with Crippen LogP contribution in [0.3, 0.4) is 0 Å². The number of oxazole rings is 1. The van der Waals surface area contributed by atoms with Gasteiger partial charge in [0.2, 0.25) is 4.90 Å². The molecule has 0 aromatic carbocycles. The predicted octanol–water partition coefficient (Wildman–Crippen LogP) is 1.90. The Hall–Kier alpha value is -1.36. The Morgan fingerprint density at radius 2 is 2.50 bits per heavy atom. The lowest BCUT2D eigenvalue weighted by molar-refractivity contribution is 0.0702. The Kier molecular flexibility index (Phi) is 1.41. The molecule has 2 heterocycles. The van der Waals surface area contributed by atoms with Crippen LogP contribution in [0.1, 0.15) is 15.6 Å². The van der Waals surface area contributed by atoms with Gasteiger partial charge in [-0.3, -0.25) is 0 Å². The van der Waals surface area contributed by atoms with Crippen LogP contribution in [0.2, 0.25) is 0 Å². The van der Waals surface area contributed by atoms with Gasteiger partial charge in [-0.2, -0.15) is 0 Å². The van der Waals surface area contributed by atoms with E-state index in [4.69, 9.17) is 9.52 Å². The monoisotopic (exact) mass is 183 g/mol. The zero-order chi connectivity index (χ0) is 8.72. The topological polar surface area (TPSA) is 63.3 Å². The number of fused-ring (bicyclic) bond motifs is 1. The Balaban J connectivity index is 2.64. The van der Waals surface area contributed by atoms with Crippen molar-refractivity contribution in [2.24, 2.45) is 0 Å². The first kappa shape index (κ1) is 7.30. The van der Waals surface area contributed by atoms with Crippen LogP contribution in [0.5, 0.6) is 0 Å². The van der Waals surface area contributed by atoms with Crippen LogP contribution in [0.25, 0.3) is 10.4 Å². The predicted molar refractivity (Wildman–Crippen MR) is 43.6 cm³/mol. The maximum absolute atomic E-state index is 10.5. The van der Waals surface area contributed by atoms with Gasteiger partial charge in [0.25, 0.3) is 0 Å². The summed E-state index contributed by atoms with van der Waals surface area (Å²) in [7, 11) is 0. The van der Waals surface area contributed by atoms with Gasteiger partial charge in [-0.25, -0.2) is 9.78 Å². The second-order valence-electron chi connectivity index (χ2n) is 2.32. The van der Waals surface area contributed by atoms with Gasteiger partial charge >= 0.3 is 5.97 Å². The molecule has 0 saturated heterocycles. The van der Waals surface area contributed by atoms with E-state index in [0.717, 1.165) is 11.3 Å². The summed E-state index contributed by atoms with van der Waals surface area (Å²) >= 11 is 1.10. The lowest BCUT2D eigenvalue weighted by Gasteiger charge is -1.81. The van der Waals surface area contributed by atoms with Crippen molar-refractivity contribution in [3.63, 3.8) is 0 Å². The second kappa shape index (κ2) is 2.31. The van der Waals surface area contributed by atoms with Gasteiger partial charge in [-0.1, -0.05) is 11.3 Å². The van der Waals surface area contributed by atoms with Crippen molar-refractivity contribution in [3.05, 3.63) is 16.8 Å². The largest absolute Gasteiger partial charge is 0.477 e. The van der Waals surface area contributed by atoms with E-state index in [1.54, 1.807) is 6.92 Å². The Morgan fingerprint density at radius 1 is 1.75 bits per heavy atom. The van der Waals surface area contributed by atoms with Crippen LogP contribution < -0.4 is 0 Å². The zero-order valence-electron chi connectivity index (χ0n) is 6.20. The van der Waals surface area contributed by atoms with E-state index in [1.807, 2.05) is 0 Å². The van der Waals surface area contributed by atoms with Gasteiger partial charge in [-0.05, 0) is 6.07 Å². The average Bonchev–Trinajstić information content (AvgIpc) is 2.42. The lowest BCUT2D eigenvalue weighted by Crippen LogP contribution is -1.89. The number of aromatic nitrogens is 1. The summed E-state index contributed by atoms with van der Waals surface area (Å²) in [6.07, 6.45) is 0. The highest BCUT2D eigenvalue weighted by Gasteiger charge is 2.12. The number of nitrogens with zero attached hydrogens (tertiary/aromatic N) is 1. The Bertz CT molecular complexity index is 411. The SMILES string of the molecule is Cc1nc2cc(C(=O)O)sc2o1. The van der Waals surface area contributed by atoms with E-state index in [9.17, 15) is 4.79 Å². The van der Waals surface area contributed by atoms with Crippen LogP contribution in [-0.4, -0.2) is 16.1 Å². The summed E-state index contributed by atoms with van der Waals surface area (Å²) in [5, 5.41) is 8.61. The maximum Gasteiger partial charge on any atom is 0.346 e. The first-order chi connectivity index (χ1) is 5.66. The highest BCUT2D eigenvalue weighted by Crippen LogP contribution is 2.25. The first-order valence-electron chi connectivity index (χ1n) is 3.27. The van der Waals surface area contributed by atoms with Crippen LogP contribution >= 0.6 is 11.3 Å². The van der Waals surface area contributed by atoms with Crippen LogP contribution in [0.4, 0.5) is 0 Å². The fourth-order valence-electron chi connectivity index (χ4n) is 0.948. The van der Waals surface area contributed by atoms with Crippen molar-refractivity contribution in [1.82, 2.24) is 4.98 Å². The van der Waals surface area contributed by atoms with Gasteiger partial charge in [0.15, 0.2) is 5.89 Å². The van der Waals surface area contributed by atoms with E-state index >= 15 is 0 Å². The molecule has 62 valence electrons. The molecule has 0 aliphatic rings. The lowest BCUT2D eigenvalue weighted by atomic mass is 10.4. The van der Waals surface area contributed by atoms with Gasteiger partial charge in [0.05, 0.1) is 0 Å². The molecule has 0 unspecified atom stereocenters. The molecule has 0 aliphatic heterocycles. The minimum atomic E-state index is -0.939. The van der Waals surface area contributed by atoms with Crippen molar-refractivity contribution < 1.29 is 14.3 Å². The van der Waals surface area contributed by atoms with E-state index < -0.39 is 5.97 Å². The third kappa shape index (κ3) is 0.984. The molecule has 2 rings (SSSR count). The van der Waals surface area contributed by atoms with Gasteiger partial charge < -0.3 is 9.52 Å². The number of aromatic carboxylic acids is 1. The molecule has 0 spiro atoms. The van der Waals surface area contributed by atoms with Crippen LogP contribution in [-0.2, 0) is 0 Å². The van der Waals surface area contributed by atoms with E-state index in [1.165, 1.54) is 6.07 Å². The summed E-state index contributed by atoms with van der Waals surface area (Å²) in [6.45, 7) is 1.73. The second-order valence-corrected chi connectivity index (χ2v) is 3.34. The molecule has 0 radical (unpaired) electrons. The van der Waals surface area contributed by atoms with E-state index in [-0.39, 0.29) is 4.88 Å².